The topological polar surface area (TPSA) is 71.3 Å². The molecule has 17 heavy (non-hydrogen) atoms. The Morgan fingerprint density at radius 3 is 3.06 bits per heavy atom. The van der Waals surface area contributed by atoms with Gasteiger partial charge in [0.15, 0.2) is 6.10 Å². The van der Waals surface area contributed by atoms with Crippen LogP contribution in [0.5, 0.6) is 5.75 Å². The second kappa shape index (κ2) is 4.74. The minimum atomic E-state index is -0.467. The summed E-state index contributed by atoms with van der Waals surface area (Å²) < 4.78 is 10.6. The molecule has 0 saturated carbocycles. The molecule has 1 heterocycles. The summed E-state index contributed by atoms with van der Waals surface area (Å²) in [4.78, 5) is 11.0. The number of amides is 1. The first-order valence-electron chi connectivity index (χ1n) is 5.36. The number of nitriles is 1. The molecule has 0 aromatic heterocycles. The van der Waals surface area contributed by atoms with E-state index in [2.05, 4.69) is 11.4 Å². The summed E-state index contributed by atoms with van der Waals surface area (Å²) in [5.74, 6) is 0.591. The monoisotopic (exact) mass is 232 g/mol. The van der Waals surface area contributed by atoms with Crippen LogP contribution in [0.3, 0.4) is 0 Å². The van der Waals surface area contributed by atoms with Gasteiger partial charge in [-0.1, -0.05) is 6.07 Å². The zero-order valence-corrected chi connectivity index (χ0v) is 9.40. The van der Waals surface area contributed by atoms with Crippen LogP contribution in [-0.4, -0.2) is 19.2 Å². The SMILES string of the molecule is CCOc1cccc(C#N)c1C1CNC(=O)O1. The van der Waals surface area contributed by atoms with Gasteiger partial charge in [-0.15, -0.1) is 0 Å². The molecule has 5 heteroatoms. The van der Waals surface area contributed by atoms with Crippen molar-refractivity contribution in [3.05, 3.63) is 29.3 Å². The quantitative estimate of drug-likeness (QED) is 0.861. The van der Waals surface area contributed by atoms with Crippen molar-refractivity contribution in [3.63, 3.8) is 0 Å². The minimum Gasteiger partial charge on any atom is -0.493 e. The average molecular weight is 232 g/mol. The van der Waals surface area contributed by atoms with E-state index < -0.39 is 12.2 Å². The fraction of sp³-hybridized carbons (Fsp3) is 0.333. The Labute approximate surface area is 98.9 Å². The molecule has 0 spiro atoms. The van der Waals surface area contributed by atoms with Gasteiger partial charge in [0.2, 0.25) is 0 Å². The first kappa shape index (κ1) is 11.3. The molecule has 0 radical (unpaired) electrons. The van der Waals surface area contributed by atoms with Gasteiger partial charge in [-0.2, -0.15) is 5.26 Å². The summed E-state index contributed by atoms with van der Waals surface area (Å²) in [5.41, 5.74) is 1.10. The largest absolute Gasteiger partial charge is 0.493 e. The Balaban J connectivity index is 2.42. The lowest BCUT2D eigenvalue weighted by Gasteiger charge is -2.15. The Bertz CT molecular complexity index is 479. The molecule has 0 aliphatic carbocycles. The summed E-state index contributed by atoms with van der Waals surface area (Å²) >= 11 is 0. The van der Waals surface area contributed by atoms with Crippen molar-refractivity contribution in [2.24, 2.45) is 0 Å². The summed E-state index contributed by atoms with van der Waals surface area (Å²) in [7, 11) is 0. The van der Waals surface area contributed by atoms with Crippen LogP contribution < -0.4 is 10.1 Å². The van der Waals surface area contributed by atoms with Gasteiger partial charge in [0.1, 0.15) is 5.75 Å². The highest BCUT2D eigenvalue weighted by atomic mass is 16.6. The first-order valence-corrected chi connectivity index (χ1v) is 5.36. The number of carbonyl (C=O) groups is 1. The standard InChI is InChI=1S/C12H12N2O3/c1-2-16-9-5-3-4-8(6-13)11(9)10-7-14-12(15)17-10/h3-5,10H,2,7H2,1H3,(H,14,15). The normalized spacial score (nSPS) is 18.1. The Morgan fingerprint density at radius 1 is 1.65 bits per heavy atom. The molecule has 2 rings (SSSR count). The average Bonchev–Trinajstić information content (AvgIpc) is 2.75. The highest BCUT2D eigenvalue weighted by molar-refractivity contribution is 5.70. The number of cyclic esters (lactones) is 1. The molecule has 1 atom stereocenters. The van der Waals surface area contributed by atoms with Crippen LogP contribution in [-0.2, 0) is 4.74 Å². The van der Waals surface area contributed by atoms with Crippen LogP contribution in [0.25, 0.3) is 0 Å². The fourth-order valence-corrected chi connectivity index (χ4v) is 1.80. The zero-order chi connectivity index (χ0) is 12.3. The molecule has 1 fully saturated rings. The predicted octanol–water partition coefficient (Wildman–Crippen LogP) is 1.74. The number of hydrogen-bond donors (Lipinski definition) is 1. The molecule has 1 aromatic rings. The Morgan fingerprint density at radius 2 is 2.47 bits per heavy atom. The van der Waals surface area contributed by atoms with Crippen molar-refractivity contribution in [2.75, 3.05) is 13.2 Å². The van der Waals surface area contributed by atoms with E-state index in [9.17, 15) is 4.79 Å². The highest BCUT2D eigenvalue weighted by Crippen LogP contribution is 2.32. The number of carbonyl (C=O) groups excluding carboxylic acids is 1. The third-order valence-electron chi connectivity index (χ3n) is 2.49. The number of rotatable bonds is 3. The van der Waals surface area contributed by atoms with Crippen molar-refractivity contribution in [2.45, 2.75) is 13.0 Å². The van der Waals surface area contributed by atoms with Crippen LogP contribution >= 0.6 is 0 Å². The lowest BCUT2D eigenvalue weighted by molar-refractivity contribution is 0.139. The number of alkyl carbamates (subject to hydrolysis) is 1. The molecule has 88 valence electrons. The minimum absolute atomic E-state index is 0.359. The summed E-state index contributed by atoms with van der Waals surface area (Å²) in [6.45, 7) is 2.72. The van der Waals surface area contributed by atoms with Crippen molar-refractivity contribution in [3.8, 4) is 11.8 Å². The highest BCUT2D eigenvalue weighted by Gasteiger charge is 2.29. The smallest absolute Gasteiger partial charge is 0.407 e. The van der Waals surface area contributed by atoms with E-state index in [0.29, 0.717) is 30.0 Å². The number of benzene rings is 1. The molecule has 5 nitrogen and oxygen atoms in total. The summed E-state index contributed by atoms with van der Waals surface area (Å²) in [6, 6.07) is 7.29. The molecule has 1 aliphatic heterocycles. The third kappa shape index (κ3) is 2.16. The number of ether oxygens (including phenoxy) is 2. The molecule has 1 amide bonds. The van der Waals surface area contributed by atoms with E-state index in [1.54, 1.807) is 18.2 Å². The van der Waals surface area contributed by atoms with E-state index in [-0.39, 0.29) is 0 Å². The van der Waals surface area contributed by atoms with E-state index in [0.717, 1.165) is 0 Å². The maximum atomic E-state index is 11.0. The van der Waals surface area contributed by atoms with Crippen LogP contribution in [0.15, 0.2) is 18.2 Å². The molecular weight excluding hydrogens is 220 g/mol. The number of nitrogens with one attached hydrogen (secondary N) is 1. The van der Waals surface area contributed by atoms with Crippen molar-refractivity contribution >= 4 is 6.09 Å². The summed E-state index contributed by atoms with van der Waals surface area (Å²) in [6.07, 6.45) is -0.926. The van der Waals surface area contributed by atoms with Gasteiger partial charge in [0, 0.05) is 0 Å². The van der Waals surface area contributed by atoms with Gasteiger partial charge in [0.25, 0.3) is 0 Å². The zero-order valence-electron chi connectivity index (χ0n) is 9.40. The maximum Gasteiger partial charge on any atom is 0.407 e. The fourth-order valence-electron chi connectivity index (χ4n) is 1.80. The number of hydrogen-bond acceptors (Lipinski definition) is 4. The predicted molar refractivity (Wildman–Crippen MR) is 59.6 cm³/mol. The van der Waals surface area contributed by atoms with Crippen molar-refractivity contribution in [1.82, 2.24) is 5.32 Å². The molecule has 1 aromatic carbocycles. The molecule has 1 saturated heterocycles. The lowest BCUT2D eigenvalue weighted by atomic mass is 10.0. The molecular formula is C12H12N2O3. The number of nitrogens with zero attached hydrogens (tertiary/aromatic N) is 1. The van der Waals surface area contributed by atoms with Crippen LogP contribution in [0, 0.1) is 11.3 Å². The van der Waals surface area contributed by atoms with Crippen molar-refractivity contribution < 1.29 is 14.3 Å². The van der Waals surface area contributed by atoms with E-state index in [1.807, 2.05) is 6.92 Å². The molecule has 1 aliphatic rings. The van der Waals surface area contributed by atoms with Gasteiger partial charge in [-0.3, -0.25) is 0 Å². The van der Waals surface area contributed by atoms with Crippen molar-refractivity contribution in [1.29, 1.82) is 5.26 Å². The van der Waals surface area contributed by atoms with Gasteiger partial charge in [0.05, 0.1) is 30.3 Å². The second-order valence-corrected chi connectivity index (χ2v) is 3.54. The van der Waals surface area contributed by atoms with E-state index >= 15 is 0 Å². The Kier molecular flexibility index (Phi) is 3.15. The van der Waals surface area contributed by atoms with Crippen LogP contribution in [0.2, 0.25) is 0 Å². The summed E-state index contributed by atoms with van der Waals surface area (Å²) in [5, 5.41) is 11.6. The lowest BCUT2D eigenvalue weighted by Crippen LogP contribution is -2.13. The van der Waals surface area contributed by atoms with Gasteiger partial charge in [-0.05, 0) is 19.1 Å². The third-order valence-corrected chi connectivity index (χ3v) is 2.49. The molecule has 0 bridgehead atoms. The van der Waals surface area contributed by atoms with Gasteiger partial charge in [-0.25, -0.2) is 4.79 Å². The maximum absolute atomic E-state index is 11.0. The van der Waals surface area contributed by atoms with Crippen LogP contribution in [0.4, 0.5) is 4.79 Å². The van der Waals surface area contributed by atoms with Gasteiger partial charge >= 0.3 is 6.09 Å². The second-order valence-electron chi connectivity index (χ2n) is 3.54. The van der Waals surface area contributed by atoms with Gasteiger partial charge < -0.3 is 14.8 Å². The molecule has 1 N–H and O–H groups in total. The molecule has 1 unspecified atom stereocenters. The van der Waals surface area contributed by atoms with E-state index in [4.69, 9.17) is 14.7 Å². The Hall–Kier alpha value is -2.22. The first-order chi connectivity index (χ1) is 8.26. The van der Waals surface area contributed by atoms with Crippen LogP contribution in [0.1, 0.15) is 24.2 Å². The van der Waals surface area contributed by atoms with E-state index in [1.165, 1.54) is 0 Å².